The van der Waals surface area contributed by atoms with Crippen molar-refractivity contribution in [3.8, 4) is 0 Å². The predicted molar refractivity (Wildman–Crippen MR) is 86.1 cm³/mol. The maximum Gasteiger partial charge on any atom is 0.243 e. The molecule has 1 aliphatic rings. The molecule has 5 nitrogen and oxygen atoms in total. The Hall–Kier alpha value is -1.40. The van der Waals surface area contributed by atoms with Crippen LogP contribution in [0.5, 0.6) is 0 Å². The van der Waals surface area contributed by atoms with Gasteiger partial charge in [-0.15, -0.1) is 0 Å². The van der Waals surface area contributed by atoms with E-state index in [4.69, 9.17) is 0 Å². The van der Waals surface area contributed by atoms with Gasteiger partial charge in [0.15, 0.2) is 0 Å². The molecular formula is C16H24N2O3S. The second-order valence-corrected chi connectivity index (χ2v) is 7.63. The van der Waals surface area contributed by atoms with E-state index in [2.05, 4.69) is 5.32 Å². The Morgan fingerprint density at radius 3 is 2.23 bits per heavy atom. The van der Waals surface area contributed by atoms with Crippen LogP contribution < -0.4 is 5.32 Å². The van der Waals surface area contributed by atoms with Gasteiger partial charge in [-0.25, -0.2) is 8.42 Å². The third-order valence-corrected chi connectivity index (χ3v) is 5.83. The van der Waals surface area contributed by atoms with Crippen LogP contribution >= 0.6 is 0 Å². The predicted octanol–water partition coefficient (Wildman–Crippen LogP) is 1.93. The van der Waals surface area contributed by atoms with E-state index in [0.29, 0.717) is 31.0 Å². The normalized spacial score (nSPS) is 17.0. The van der Waals surface area contributed by atoms with E-state index in [1.807, 2.05) is 12.1 Å². The molecule has 1 amide bonds. The first-order chi connectivity index (χ1) is 10.5. The van der Waals surface area contributed by atoms with Gasteiger partial charge in [0.1, 0.15) is 0 Å². The van der Waals surface area contributed by atoms with Crippen LogP contribution in [-0.2, 0) is 21.2 Å². The van der Waals surface area contributed by atoms with Gasteiger partial charge < -0.3 is 5.32 Å². The second-order valence-electron chi connectivity index (χ2n) is 5.70. The van der Waals surface area contributed by atoms with Crippen molar-refractivity contribution in [1.29, 1.82) is 0 Å². The lowest BCUT2D eigenvalue weighted by Gasteiger charge is -2.20. The minimum absolute atomic E-state index is 0.0552. The lowest BCUT2D eigenvalue weighted by molar-refractivity contribution is -0.118. The fourth-order valence-corrected chi connectivity index (χ4v) is 4.16. The second kappa shape index (κ2) is 7.74. The van der Waals surface area contributed by atoms with Gasteiger partial charge in [0.2, 0.25) is 15.9 Å². The molecule has 0 unspecified atom stereocenters. The van der Waals surface area contributed by atoms with Gasteiger partial charge in [0.05, 0.1) is 4.90 Å². The molecule has 0 bridgehead atoms. The first-order valence-corrected chi connectivity index (χ1v) is 9.28. The van der Waals surface area contributed by atoms with Gasteiger partial charge in [0, 0.05) is 26.6 Å². The molecule has 1 aromatic carbocycles. The highest BCUT2D eigenvalue weighted by Gasteiger charge is 2.24. The van der Waals surface area contributed by atoms with E-state index < -0.39 is 10.0 Å². The van der Waals surface area contributed by atoms with E-state index in [9.17, 15) is 13.2 Å². The lowest BCUT2D eigenvalue weighted by Crippen LogP contribution is -2.31. The smallest absolute Gasteiger partial charge is 0.243 e. The average molecular weight is 324 g/mol. The zero-order chi connectivity index (χ0) is 16.0. The number of nitrogens with one attached hydrogen (secondary N) is 1. The Labute approximate surface area is 132 Å². The molecule has 0 radical (unpaired) electrons. The van der Waals surface area contributed by atoms with Gasteiger partial charge >= 0.3 is 0 Å². The summed E-state index contributed by atoms with van der Waals surface area (Å²) in [6, 6.07) is 6.99. The fourth-order valence-electron chi connectivity index (χ4n) is 2.64. The lowest BCUT2D eigenvalue weighted by atomic mass is 10.1. The van der Waals surface area contributed by atoms with Crippen molar-refractivity contribution in [3.05, 3.63) is 29.8 Å². The standard InChI is InChI=1S/C16H24N2O3S/c1-14(19)17-11-10-15-6-8-16(9-7-15)22(20,21)18-12-4-2-3-5-13-18/h6-9H,2-5,10-13H2,1H3,(H,17,19). The number of sulfonamides is 1. The molecule has 1 saturated heterocycles. The van der Waals surface area contributed by atoms with Crippen molar-refractivity contribution in [1.82, 2.24) is 9.62 Å². The Balaban J connectivity index is 2.03. The molecule has 1 heterocycles. The van der Waals surface area contributed by atoms with Crippen molar-refractivity contribution < 1.29 is 13.2 Å². The van der Waals surface area contributed by atoms with Crippen molar-refractivity contribution >= 4 is 15.9 Å². The van der Waals surface area contributed by atoms with Crippen LogP contribution in [0.2, 0.25) is 0 Å². The summed E-state index contributed by atoms with van der Waals surface area (Å²) < 4.78 is 26.9. The van der Waals surface area contributed by atoms with Crippen molar-refractivity contribution in [2.45, 2.75) is 43.9 Å². The Morgan fingerprint density at radius 1 is 1.09 bits per heavy atom. The molecule has 0 saturated carbocycles. The first-order valence-electron chi connectivity index (χ1n) is 7.84. The fraction of sp³-hybridized carbons (Fsp3) is 0.562. The molecule has 1 fully saturated rings. The SMILES string of the molecule is CC(=O)NCCc1ccc(S(=O)(=O)N2CCCCCC2)cc1. The summed E-state index contributed by atoms with van der Waals surface area (Å²) in [5.41, 5.74) is 1.02. The summed E-state index contributed by atoms with van der Waals surface area (Å²) in [6.07, 6.45) is 4.79. The third-order valence-electron chi connectivity index (χ3n) is 3.91. The summed E-state index contributed by atoms with van der Waals surface area (Å²) in [7, 11) is -3.37. The summed E-state index contributed by atoms with van der Waals surface area (Å²) in [5, 5.41) is 2.73. The minimum atomic E-state index is -3.37. The quantitative estimate of drug-likeness (QED) is 0.900. The van der Waals surface area contributed by atoms with Gasteiger partial charge in [-0.1, -0.05) is 25.0 Å². The number of amides is 1. The number of rotatable bonds is 5. The van der Waals surface area contributed by atoms with E-state index in [1.165, 1.54) is 6.92 Å². The molecular weight excluding hydrogens is 300 g/mol. The Kier molecular flexibility index (Phi) is 5.97. The van der Waals surface area contributed by atoms with Crippen LogP contribution in [0.4, 0.5) is 0 Å². The molecule has 0 atom stereocenters. The molecule has 0 spiro atoms. The molecule has 0 aliphatic carbocycles. The summed E-state index contributed by atoms with van der Waals surface area (Å²) in [6.45, 7) is 3.28. The molecule has 22 heavy (non-hydrogen) atoms. The van der Waals surface area contributed by atoms with E-state index >= 15 is 0 Å². The number of benzene rings is 1. The molecule has 1 aromatic rings. The number of hydrogen-bond acceptors (Lipinski definition) is 3. The third kappa shape index (κ3) is 4.55. The molecule has 2 rings (SSSR count). The van der Waals surface area contributed by atoms with Gasteiger partial charge in [-0.3, -0.25) is 4.79 Å². The molecule has 122 valence electrons. The Bertz CT molecular complexity index is 588. The van der Waals surface area contributed by atoms with Gasteiger partial charge in [-0.2, -0.15) is 4.31 Å². The maximum atomic E-state index is 12.6. The number of nitrogens with zero attached hydrogens (tertiary/aromatic N) is 1. The Morgan fingerprint density at radius 2 is 1.68 bits per heavy atom. The zero-order valence-electron chi connectivity index (χ0n) is 13.0. The van der Waals surface area contributed by atoms with Crippen molar-refractivity contribution in [3.63, 3.8) is 0 Å². The number of carbonyl (C=O) groups is 1. The zero-order valence-corrected chi connectivity index (χ0v) is 13.9. The van der Waals surface area contributed by atoms with Crippen LogP contribution in [0.25, 0.3) is 0 Å². The van der Waals surface area contributed by atoms with E-state index in [-0.39, 0.29) is 5.91 Å². The van der Waals surface area contributed by atoms with Crippen LogP contribution in [0.3, 0.4) is 0 Å². The molecule has 1 N–H and O–H groups in total. The summed E-state index contributed by atoms with van der Waals surface area (Å²) >= 11 is 0. The summed E-state index contributed by atoms with van der Waals surface area (Å²) in [5.74, 6) is -0.0552. The highest BCUT2D eigenvalue weighted by Crippen LogP contribution is 2.20. The monoisotopic (exact) mass is 324 g/mol. The first kappa shape index (κ1) is 17.0. The van der Waals surface area contributed by atoms with Crippen molar-refractivity contribution in [2.24, 2.45) is 0 Å². The largest absolute Gasteiger partial charge is 0.356 e. The van der Waals surface area contributed by atoms with Crippen molar-refractivity contribution in [2.75, 3.05) is 19.6 Å². The molecule has 0 aromatic heterocycles. The van der Waals surface area contributed by atoms with Crippen LogP contribution in [0.15, 0.2) is 29.2 Å². The number of hydrogen-bond donors (Lipinski definition) is 1. The van der Waals surface area contributed by atoms with E-state index in [1.54, 1.807) is 16.4 Å². The highest BCUT2D eigenvalue weighted by atomic mass is 32.2. The minimum Gasteiger partial charge on any atom is -0.356 e. The van der Waals surface area contributed by atoms with Gasteiger partial charge in [0.25, 0.3) is 0 Å². The molecule has 6 heteroatoms. The number of carbonyl (C=O) groups excluding carboxylic acids is 1. The van der Waals surface area contributed by atoms with Crippen LogP contribution in [-0.4, -0.2) is 38.3 Å². The summed E-state index contributed by atoms with van der Waals surface area (Å²) in [4.78, 5) is 11.2. The highest BCUT2D eigenvalue weighted by molar-refractivity contribution is 7.89. The van der Waals surface area contributed by atoms with E-state index in [0.717, 1.165) is 31.2 Å². The van der Waals surface area contributed by atoms with Crippen LogP contribution in [0, 0.1) is 0 Å². The average Bonchev–Trinajstić information content (AvgIpc) is 2.77. The maximum absolute atomic E-state index is 12.6. The topological polar surface area (TPSA) is 66.5 Å². The molecule has 1 aliphatic heterocycles. The van der Waals surface area contributed by atoms with Crippen LogP contribution in [0.1, 0.15) is 38.2 Å². The van der Waals surface area contributed by atoms with Gasteiger partial charge in [-0.05, 0) is 37.0 Å².